The lowest BCUT2D eigenvalue weighted by Crippen LogP contribution is -2.19. The Kier molecular flexibility index (Phi) is 4.59. The molecule has 0 unspecified atom stereocenters. The van der Waals surface area contributed by atoms with Gasteiger partial charge in [0, 0.05) is 6.20 Å². The number of thioether (sulfide) groups is 1. The molecule has 3 aromatic rings. The molecule has 0 radical (unpaired) electrons. The first-order valence-corrected chi connectivity index (χ1v) is 9.02. The van der Waals surface area contributed by atoms with Crippen LogP contribution in [-0.4, -0.2) is 30.3 Å². The van der Waals surface area contributed by atoms with Crippen molar-refractivity contribution in [1.82, 2.24) is 19.6 Å². The fourth-order valence-electron chi connectivity index (χ4n) is 1.79. The SMILES string of the molecule is CCSc1nnc(Sc2nc3ccccn3c(=O)c2[N+](=O)[O-])s1. The summed E-state index contributed by atoms with van der Waals surface area (Å²) < 4.78 is 2.44. The highest BCUT2D eigenvalue weighted by atomic mass is 32.2. The molecule has 3 rings (SSSR count). The van der Waals surface area contributed by atoms with Crippen molar-refractivity contribution in [2.24, 2.45) is 0 Å². The van der Waals surface area contributed by atoms with Gasteiger partial charge >= 0.3 is 11.2 Å². The normalized spacial score (nSPS) is 11.0. The third kappa shape index (κ3) is 3.21. The third-order valence-corrected chi connectivity index (χ3v) is 5.67. The number of hydrogen-bond acceptors (Lipinski definition) is 9. The van der Waals surface area contributed by atoms with Crippen molar-refractivity contribution >= 4 is 46.2 Å². The Morgan fingerprint density at radius 1 is 1.35 bits per heavy atom. The molecule has 8 nitrogen and oxygen atoms in total. The van der Waals surface area contributed by atoms with Gasteiger partial charge in [0.2, 0.25) is 0 Å². The van der Waals surface area contributed by atoms with Crippen LogP contribution in [0.2, 0.25) is 0 Å². The van der Waals surface area contributed by atoms with E-state index in [9.17, 15) is 14.9 Å². The van der Waals surface area contributed by atoms with Crippen LogP contribution in [0, 0.1) is 10.1 Å². The van der Waals surface area contributed by atoms with E-state index in [-0.39, 0.29) is 5.03 Å². The van der Waals surface area contributed by atoms with E-state index in [1.54, 1.807) is 18.2 Å². The molecule has 3 heterocycles. The maximum Gasteiger partial charge on any atom is 0.366 e. The summed E-state index contributed by atoms with van der Waals surface area (Å²) in [6.45, 7) is 2.00. The van der Waals surface area contributed by atoms with Crippen LogP contribution < -0.4 is 5.56 Å². The van der Waals surface area contributed by atoms with Gasteiger partial charge in [-0.2, -0.15) is 0 Å². The number of nitrogens with zero attached hydrogens (tertiary/aromatic N) is 5. The summed E-state index contributed by atoms with van der Waals surface area (Å²) in [5.41, 5.74) is -0.923. The van der Waals surface area contributed by atoms with Crippen molar-refractivity contribution in [1.29, 1.82) is 0 Å². The van der Waals surface area contributed by atoms with E-state index in [1.807, 2.05) is 6.92 Å². The maximum absolute atomic E-state index is 12.3. The van der Waals surface area contributed by atoms with E-state index in [1.165, 1.54) is 29.3 Å². The van der Waals surface area contributed by atoms with Crippen molar-refractivity contribution in [2.45, 2.75) is 20.6 Å². The molecule has 23 heavy (non-hydrogen) atoms. The lowest BCUT2D eigenvalue weighted by molar-refractivity contribution is -0.389. The number of fused-ring (bicyclic) bond motifs is 1. The van der Waals surface area contributed by atoms with Crippen LogP contribution in [0.4, 0.5) is 5.69 Å². The highest BCUT2D eigenvalue weighted by Crippen LogP contribution is 2.35. The number of pyridine rings is 1. The van der Waals surface area contributed by atoms with E-state index in [0.717, 1.165) is 26.3 Å². The first-order chi connectivity index (χ1) is 11.1. The molecular weight excluding hydrogens is 358 g/mol. The van der Waals surface area contributed by atoms with Crippen molar-refractivity contribution in [3.63, 3.8) is 0 Å². The molecule has 0 saturated carbocycles. The van der Waals surface area contributed by atoms with E-state index < -0.39 is 16.2 Å². The fraction of sp³-hybridized carbons (Fsp3) is 0.167. The number of hydrogen-bond donors (Lipinski definition) is 0. The summed E-state index contributed by atoms with van der Waals surface area (Å²) >= 11 is 3.83. The lowest BCUT2D eigenvalue weighted by atomic mass is 10.4. The average molecular weight is 367 g/mol. The fourth-order valence-corrected chi connectivity index (χ4v) is 4.72. The van der Waals surface area contributed by atoms with Crippen LogP contribution in [0.15, 0.2) is 42.9 Å². The molecule has 0 aliphatic heterocycles. The minimum Gasteiger partial charge on any atom is -0.262 e. The molecule has 11 heteroatoms. The number of aromatic nitrogens is 4. The van der Waals surface area contributed by atoms with Gasteiger partial charge in [0.15, 0.2) is 13.7 Å². The van der Waals surface area contributed by atoms with Gasteiger partial charge in [-0.3, -0.25) is 19.3 Å². The maximum atomic E-state index is 12.3. The van der Waals surface area contributed by atoms with Crippen LogP contribution in [-0.2, 0) is 0 Å². The van der Waals surface area contributed by atoms with Gasteiger partial charge in [0.25, 0.3) is 0 Å². The second-order valence-corrected chi connectivity index (χ2v) is 7.85. The second kappa shape index (κ2) is 6.64. The molecule has 118 valence electrons. The molecule has 0 aliphatic carbocycles. The summed E-state index contributed by atoms with van der Waals surface area (Å²) in [5.74, 6) is 0.856. The van der Waals surface area contributed by atoms with Gasteiger partial charge in [-0.15, -0.1) is 10.2 Å². The monoisotopic (exact) mass is 367 g/mol. The summed E-state index contributed by atoms with van der Waals surface area (Å²) in [6, 6.07) is 4.95. The summed E-state index contributed by atoms with van der Waals surface area (Å²) in [4.78, 5) is 27.1. The molecule has 3 aromatic heterocycles. The molecule has 0 spiro atoms. The predicted molar refractivity (Wildman–Crippen MR) is 88.5 cm³/mol. The number of rotatable bonds is 5. The summed E-state index contributed by atoms with van der Waals surface area (Å²) in [6.07, 6.45) is 1.45. The highest BCUT2D eigenvalue weighted by molar-refractivity contribution is 8.03. The molecule has 0 fully saturated rings. The summed E-state index contributed by atoms with van der Waals surface area (Å²) in [7, 11) is 0. The van der Waals surface area contributed by atoms with Crippen LogP contribution in [0.5, 0.6) is 0 Å². The van der Waals surface area contributed by atoms with Gasteiger partial charge in [0.05, 0.1) is 4.92 Å². The van der Waals surface area contributed by atoms with Gasteiger partial charge in [-0.25, -0.2) is 4.98 Å². The Morgan fingerprint density at radius 2 is 2.13 bits per heavy atom. The third-order valence-electron chi connectivity index (χ3n) is 2.70. The average Bonchev–Trinajstić information content (AvgIpc) is 2.95. The van der Waals surface area contributed by atoms with Crippen LogP contribution >= 0.6 is 34.9 Å². The minimum absolute atomic E-state index is 0.0235. The predicted octanol–water partition coefficient (Wildman–Crippen LogP) is 2.72. The van der Waals surface area contributed by atoms with Gasteiger partial charge < -0.3 is 0 Å². The second-order valence-electron chi connectivity index (χ2n) is 4.13. The standard InChI is InChI=1S/C12H9N5O3S3/c1-2-21-11-14-15-12(23-11)22-9-8(17(19)20)10(18)16-6-4-3-5-7(16)13-9/h3-6H,2H2,1H3. The van der Waals surface area contributed by atoms with Crippen molar-refractivity contribution in [2.75, 3.05) is 5.75 Å². The highest BCUT2D eigenvalue weighted by Gasteiger charge is 2.25. The van der Waals surface area contributed by atoms with Crippen LogP contribution in [0.25, 0.3) is 5.65 Å². The Labute approximate surface area is 142 Å². The topological polar surface area (TPSA) is 103 Å². The first-order valence-electron chi connectivity index (χ1n) is 6.40. The van der Waals surface area contributed by atoms with Gasteiger partial charge in [-0.1, -0.05) is 36.1 Å². The molecule has 0 atom stereocenters. The number of nitro groups is 1. The molecule has 0 amide bonds. The quantitative estimate of drug-likeness (QED) is 0.293. The Hall–Kier alpha value is -1.98. The molecule has 0 N–H and O–H groups in total. The Morgan fingerprint density at radius 3 is 2.87 bits per heavy atom. The molecule has 0 aromatic carbocycles. The van der Waals surface area contributed by atoms with Crippen LogP contribution in [0.1, 0.15) is 6.92 Å². The minimum atomic E-state index is -0.712. The van der Waals surface area contributed by atoms with Gasteiger partial charge in [-0.05, 0) is 29.6 Å². The molecule has 0 aliphatic rings. The zero-order chi connectivity index (χ0) is 16.4. The molecule has 0 bridgehead atoms. The van der Waals surface area contributed by atoms with Crippen molar-refractivity contribution < 1.29 is 4.92 Å². The zero-order valence-electron chi connectivity index (χ0n) is 11.7. The Balaban J connectivity index is 2.09. The van der Waals surface area contributed by atoms with Gasteiger partial charge in [0.1, 0.15) is 5.65 Å². The van der Waals surface area contributed by atoms with Crippen LogP contribution in [0.3, 0.4) is 0 Å². The van der Waals surface area contributed by atoms with Crippen molar-refractivity contribution in [3.8, 4) is 0 Å². The first kappa shape index (κ1) is 15.9. The van der Waals surface area contributed by atoms with E-state index >= 15 is 0 Å². The van der Waals surface area contributed by atoms with Crippen molar-refractivity contribution in [3.05, 3.63) is 44.9 Å². The largest absolute Gasteiger partial charge is 0.366 e. The van der Waals surface area contributed by atoms with E-state index in [0.29, 0.717) is 9.99 Å². The molecule has 0 saturated heterocycles. The summed E-state index contributed by atoms with van der Waals surface area (Å²) in [5, 5.41) is 19.3. The van der Waals surface area contributed by atoms with E-state index in [4.69, 9.17) is 0 Å². The Bertz CT molecular complexity index is 939. The van der Waals surface area contributed by atoms with E-state index in [2.05, 4.69) is 15.2 Å². The smallest absolute Gasteiger partial charge is 0.262 e. The molecular formula is C12H9N5O3S3. The lowest BCUT2D eigenvalue weighted by Gasteiger charge is -2.03. The zero-order valence-corrected chi connectivity index (χ0v) is 14.2.